The van der Waals surface area contributed by atoms with Crippen LogP contribution in [0.15, 0.2) is 0 Å². The van der Waals surface area contributed by atoms with Gasteiger partial charge in [0.05, 0.1) is 6.04 Å². The summed E-state index contributed by atoms with van der Waals surface area (Å²) in [6.45, 7) is 5.02. The number of carbonyl (C=O) groups excluding carboxylic acids is 1. The predicted molar refractivity (Wildman–Crippen MR) is 55.0 cm³/mol. The molecule has 2 N–H and O–H groups in total. The highest BCUT2D eigenvalue weighted by molar-refractivity contribution is 5.82. The Morgan fingerprint density at radius 1 is 1.64 bits per heavy atom. The Balaban J connectivity index is 2.80. The molecule has 1 rings (SSSR count). The van der Waals surface area contributed by atoms with E-state index in [4.69, 9.17) is 5.11 Å². The van der Waals surface area contributed by atoms with Gasteiger partial charge in [0, 0.05) is 18.7 Å². The van der Waals surface area contributed by atoms with Crippen LogP contribution in [-0.2, 0) is 4.79 Å². The van der Waals surface area contributed by atoms with E-state index < -0.39 is 0 Å². The number of nitrogens with zero attached hydrogens (tertiary/aromatic N) is 1. The van der Waals surface area contributed by atoms with Gasteiger partial charge in [0.25, 0.3) is 0 Å². The Hall–Kier alpha value is -0.610. The molecule has 1 heterocycles. The van der Waals surface area contributed by atoms with Crippen molar-refractivity contribution in [2.24, 2.45) is 0 Å². The van der Waals surface area contributed by atoms with Crippen molar-refractivity contribution in [1.82, 2.24) is 10.2 Å². The SMILES string of the molecule is CN1C(CCO)C(=O)NCCC1(C)C. The molecular weight excluding hydrogens is 180 g/mol. The van der Waals surface area contributed by atoms with E-state index in [9.17, 15) is 4.79 Å². The Labute approximate surface area is 85.3 Å². The Kier molecular flexibility index (Phi) is 3.50. The summed E-state index contributed by atoms with van der Waals surface area (Å²) in [4.78, 5) is 13.7. The van der Waals surface area contributed by atoms with Crippen molar-refractivity contribution in [3.8, 4) is 0 Å². The van der Waals surface area contributed by atoms with Gasteiger partial charge in [-0.25, -0.2) is 0 Å². The molecule has 0 aromatic rings. The van der Waals surface area contributed by atoms with Crippen molar-refractivity contribution in [3.63, 3.8) is 0 Å². The Bertz CT molecular complexity index is 216. The second kappa shape index (κ2) is 4.28. The molecule has 0 spiro atoms. The predicted octanol–water partition coefficient (Wildman–Crippen LogP) is -0.0323. The zero-order valence-electron chi connectivity index (χ0n) is 9.21. The molecule has 0 radical (unpaired) electrons. The van der Waals surface area contributed by atoms with Gasteiger partial charge < -0.3 is 10.4 Å². The summed E-state index contributed by atoms with van der Waals surface area (Å²) in [5, 5.41) is 11.8. The van der Waals surface area contributed by atoms with Crippen LogP contribution in [0, 0.1) is 0 Å². The van der Waals surface area contributed by atoms with Crippen LogP contribution in [0.3, 0.4) is 0 Å². The Morgan fingerprint density at radius 2 is 2.29 bits per heavy atom. The fourth-order valence-corrected chi connectivity index (χ4v) is 1.83. The van der Waals surface area contributed by atoms with E-state index in [1.807, 2.05) is 7.05 Å². The quantitative estimate of drug-likeness (QED) is 0.658. The largest absolute Gasteiger partial charge is 0.396 e. The molecule has 1 saturated heterocycles. The number of aliphatic hydroxyl groups is 1. The maximum atomic E-state index is 11.6. The molecule has 4 heteroatoms. The van der Waals surface area contributed by atoms with Crippen molar-refractivity contribution >= 4 is 5.91 Å². The van der Waals surface area contributed by atoms with Crippen LogP contribution >= 0.6 is 0 Å². The van der Waals surface area contributed by atoms with Gasteiger partial charge in [0.1, 0.15) is 0 Å². The van der Waals surface area contributed by atoms with Crippen LogP contribution < -0.4 is 5.32 Å². The first-order valence-electron chi connectivity index (χ1n) is 5.10. The molecule has 0 aliphatic carbocycles. The minimum Gasteiger partial charge on any atom is -0.396 e. The smallest absolute Gasteiger partial charge is 0.237 e. The molecule has 1 unspecified atom stereocenters. The van der Waals surface area contributed by atoms with Gasteiger partial charge >= 0.3 is 0 Å². The maximum absolute atomic E-state index is 11.6. The van der Waals surface area contributed by atoms with Crippen LogP contribution in [0.1, 0.15) is 26.7 Å². The van der Waals surface area contributed by atoms with E-state index in [-0.39, 0.29) is 24.1 Å². The minimum absolute atomic E-state index is 0.0129. The van der Waals surface area contributed by atoms with Crippen LogP contribution in [0.2, 0.25) is 0 Å². The molecular formula is C10H20N2O2. The summed E-state index contributed by atoms with van der Waals surface area (Å²) < 4.78 is 0. The third-order valence-electron chi connectivity index (χ3n) is 3.16. The summed E-state index contributed by atoms with van der Waals surface area (Å²) in [5.74, 6) is 0.0344. The van der Waals surface area contributed by atoms with Crippen LogP contribution in [0.4, 0.5) is 0 Å². The third kappa shape index (κ3) is 2.25. The average Bonchev–Trinajstić information content (AvgIpc) is 2.19. The zero-order chi connectivity index (χ0) is 10.8. The number of aliphatic hydroxyl groups excluding tert-OH is 1. The number of nitrogens with one attached hydrogen (secondary N) is 1. The third-order valence-corrected chi connectivity index (χ3v) is 3.16. The van der Waals surface area contributed by atoms with Gasteiger partial charge in [-0.2, -0.15) is 0 Å². The van der Waals surface area contributed by atoms with Crippen molar-refractivity contribution in [2.45, 2.75) is 38.3 Å². The van der Waals surface area contributed by atoms with Gasteiger partial charge in [-0.1, -0.05) is 0 Å². The molecule has 14 heavy (non-hydrogen) atoms. The van der Waals surface area contributed by atoms with E-state index in [0.29, 0.717) is 6.42 Å². The lowest BCUT2D eigenvalue weighted by Gasteiger charge is -2.37. The van der Waals surface area contributed by atoms with Crippen molar-refractivity contribution < 1.29 is 9.90 Å². The summed E-state index contributed by atoms with van der Waals surface area (Å²) >= 11 is 0. The van der Waals surface area contributed by atoms with E-state index in [2.05, 4.69) is 24.1 Å². The normalized spacial score (nSPS) is 28.3. The lowest BCUT2D eigenvalue weighted by Crippen LogP contribution is -2.50. The number of hydrogen-bond donors (Lipinski definition) is 2. The standard InChI is InChI=1S/C10H20N2O2/c1-10(2)5-6-11-9(14)8(4-7-13)12(10)3/h8,13H,4-7H2,1-3H3,(H,11,14). The molecule has 1 aliphatic heterocycles. The van der Waals surface area contributed by atoms with Crippen molar-refractivity contribution in [1.29, 1.82) is 0 Å². The summed E-state index contributed by atoms with van der Waals surface area (Å²) in [7, 11) is 1.95. The lowest BCUT2D eigenvalue weighted by molar-refractivity contribution is -0.126. The van der Waals surface area contributed by atoms with E-state index in [0.717, 1.165) is 13.0 Å². The van der Waals surface area contributed by atoms with Gasteiger partial charge in [-0.05, 0) is 33.7 Å². The molecule has 0 saturated carbocycles. The van der Waals surface area contributed by atoms with E-state index >= 15 is 0 Å². The Morgan fingerprint density at radius 3 is 2.86 bits per heavy atom. The number of hydrogen-bond acceptors (Lipinski definition) is 3. The van der Waals surface area contributed by atoms with Gasteiger partial charge in [0.15, 0.2) is 0 Å². The molecule has 82 valence electrons. The fraction of sp³-hybridized carbons (Fsp3) is 0.900. The second-order valence-corrected chi connectivity index (χ2v) is 4.49. The first kappa shape index (κ1) is 11.5. The minimum atomic E-state index is -0.197. The first-order valence-corrected chi connectivity index (χ1v) is 5.10. The monoisotopic (exact) mass is 200 g/mol. The molecule has 1 fully saturated rings. The summed E-state index contributed by atoms with van der Waals surface area (Å²) in [5.41, 5.74) is 0.0129. The summed E-state index contributed by atoms with van der Waals surface area (Å²) in [6, 6.07) is -0.197. The van der Waals surface area contributed by atoms with Crippen molar-refractivity contribution in [2.75, 3.05) is 20.2 Å². The van der Waals surface area contributed by atoms with Crippen LogP contribution in [-0.4, -0.2) is 47.7 Å². The van der Waals surface area contributed by atoms with Gasteiger partial charge in [-0.15, -0.1) is 0 Å². The number of carbonyl (C=O) groups is 1. The molecule has 1 aliphatic rings. The van der Waals surface area contributed by atoms with Gasteiger partial charge in [-0.3, -0.25) is 9.69 Å². The topological polar surface area (TPSA) is 52.6 Å². The molecule has 4 nitrogen and oxygen atoms in total. The fourth-order valence-electron chi connectivity index (χ4n) is 1.83. The highest BCUT2D eigenvalue weighted by Gasteiger charge is 2.35. The lowest BCUT2D eigenvalue weighted by atomic mass is 9.97. The number of amides is 1. The molecule has 0 aromatic carbocycles. The molecule has 1 atom stereocenters. The average molecular weight is 200 g/mol. The van der Waals surface area contributed by atoms with E-state index in [1.54, 1.807) is 0 Å². The summed E-state index contributed by atoms with van der Waals surface area (Å²) in [6.07, 6.45) is 1.45. The highest BCUT2D eigenvalue weighted by atomic mass is 16.3. The van der Waals surface area contributed by atoms with Crippen molar-refractivity contribution in [3.05, 3.63) is 0 Å². The first-order chi connectivity index (χ1) is 6.49. The molecule has 1 amide bonds. The maximum Gasteiger partial charge on any atom is 0.237 e. The van der Waals surface area contributed by atoms with Gasteiger partial charge in [0.2, 0.25) is 5.91 Å². The second-order valence-electron chi connectivity index (χ2n) is 4.49. The molecule has 0 aromatic heterocycles. The zero-order valence-corrected chi connectivity index (χ0v) is 9.21. The number of likely N-dealkylation sites (N-methyl/N-ethyl adjacent to an activating group) is 1. The van der Waals surface area contributed by atoms with E-state index in [1.165, 1.54) is 0 Å². The van der Waals surface area contributed by atoms with Crippen LogP contribution in [0.25, 0.3) is 0 Å². The molecule has 0 bridgehead atoms. The van der Waals surface area contributed by atoms with Crippen LogP contribution in [0.5, 0.6) is 0 Å². The number of rotatable bonds is 2. The highest BCUT2D eigenvalue weighted by Crippen LogP contribution is 2.22.